The van der Waals surface area contributed by atoms with E-state index in [2.05, 4.69) is 20.8 Å². The van der Waals surface area contributed by atoms with Gasteiger partial charge in [-0.05, 0) is 22.6 Å². The second-order valence-corrected chi connectivity index (χ2v) is 7.36. The fraction of sp³-hybridized carbons (Fsp3) is 0.238. The lowest BCUT2D eigenvalue weighted by Crippen LogP contribution is -2.40. The Kier molecular flexibility index (Phi) is 4.55. The minimum Gasteiger partial charge on any atom is -0.385 e. The maximum atomic E-state index is 13.1. The SMILES string of the molecule is CC(C)(C)c1ccccc1-n1c(N)cc(=O)n(Cc2ccccc2)c1=O. The van der Waals surface area contributed by atoms with Crippen LogP contribution in [0.4, 0.5) is 5.82 Å². The van der Waals surface area contributed by atoms with Crippen molar-refractivity contribution in [2.24, 2.45) is 0 Å². The van der Waals surface area contributed by atoms with Gasteiger partial charge in [0.1, 0.15) is 5.82 Å². The van der Waals surface area contributed by atoms with Gasteiger partial charge in [-0.25, -0.2) is 9.36 Å². The van der Waals surface area contributed by atoms with Crippen LogP contribution in [0.1, 0.15) is 31.9 Å². The van der Waals surface area contributed by atoms with Crippen LogP contribution in [0.5, 0.6) is 0 Å². The van der Waals surface area contributed by atoms with Gasteiger partial charge in [0.25, 0.3) is 5.56 Å². The predicted molar refractivity (Wildman–Crippen MR) is 105 cm³/mol. The van der Waals surface area contributed by atoms with Crippen molar-refractivity contribution in [3.8, 4) is 5.69 Å². The van der Waals surface area contributed by atoms with Crippen molar-refractivity contribution >= 4 is 5.82 Å². The molecule has 3 rings (SSSR count). The number of rotatable bonds is 3. The molecule has 0 saturated heterocycles. The van der Waals surface area contributed by atoms with Gasteiger partial charge in [0.05, 0.1) is 12.2 Å². The molecule has 134 valence electrons. The van der Waals surface area contributed by atoms with Crippen LogP contribution in [0, 0.1) is 0 Å². The number of aromatic nitrogens is 2. The molecule has 1 heterocycles. The normalized spacial score (nSPS) is 11.5. The molecular weight excluding hydrogens is 326 g/mol. The first-order valence-electron chi connectivity index (χ1n) is 8.55. The van der Waals surface area contributed by atoms with Crippen LogP contribution in [0.2, 0.25) is 0 Å². The summed E-state index contributed by atoms with van der Waals surface area (Å²) in [4.78, 5) is 25.5. The predicted octanol–water partition coefficient (Wildman–Crippen LogP) is 2.93. The standard InChI is InChI=1S/C21H23N3O2/c1-21(2,3)16-11-7-8-12-17(16)24-18(22)13-19(25)23(20(24)26)14-15-9-5-4-6-10-15/h4-13H,14,22H2,1-3H3. The number of nitrogens with zero attached hydrogens (tertiary/aromatic N) is 2. The Hall–Kier alpha value is -3.08. The van der Waals surface area contributed by atoms with E-state index in [0.29, 0.717) is 5.69 Å². The van der Waals surface area contributed by atoms with Crippen molar-refractivity contribution in [2.75, 3.05) is 5.73 Å². The Balaban J connectivity index is 2.24. The molecule has 5 heteroatoms. The molecule has 0 radical (unpaired) electrons. The van der Waals surface area contributed by atoms with Gasteiger partial charge in [0.15, 0.2) is 0 Å². The number of para-hydroxylation sites is 1. The lowest BCUT2D eigenvalue weighted by molar-refractivity contribution is 0.582. The summed E-state index contributed by atoms with van der Waals surface area (Å²) in [6.07, 6.45) is 0. The van der Waals surface area contributed by atoms with Gasteiger partial charge in [0.2, 0.25) is 0 Å². The highest BCUT2D eigenvalue weighted by atomic mass is 16.2. The van der Waals surface area contributed by atoms with Crippen molar-refractivity contribution < 1.29 is 0 Å². The molecule has 0 atom stereocenters. The number of hydrogen-bond acceptors (Lipinski definition) is 3. The van der Waals surface area contributed by atoms with Crippen molar-refractivity contribution in [1.29, 1.82) is 0 Å². The van der Waals surface area contributed by atoms with E-state index in [1.54, 1.807) is 0 Å². The number of hydrogen-bond donors (Lipinski definition) is 1. The smallest absolute Gasteiger partial charge is 0.337 e. The maximum absolute atomic E-state index is 13.1. The molecule has 0 aliphatic heterocycles. The molecule has 26 heavy (non-hydrogen) atoms. The third kappa shape index (κ3) is 3.33. The van der Waals surface area contributed by atoms with Crippen molar-refractivity contribution in [2.45, 2.75) is 32.7 Å². The summed E-state index contributed by atoms with van der Waals surface area (Å²) in [5.41, 5.74) is 7.63. The summed E-state index contributed by atoms with van der Waals surface area (Å²) in [6, 6.07) is 18.4. The monoisotopic (exact) mass is 349 g/mol. The number of nitrogen functional groups attached to an aromatic ring is 1. The molecule has 3 aromatic rings. The zero-order chi connectivity index (χ0) is 18.9. The highest BCUT2D eigenvalue weighted by Crippen LogP contribution is 2.28. The van der Waals surface area contributed by atoms with E-state index in [4.69, 9.17) is 5.73 Å². The van der Waals surface area contributed by atoms with E-state index in [0.717, 1.165) is 11.1 Å². The maximum Gasteiger partial charge on any atom is 0.337 e. The lowest BCUT2D eigenvalue weighted by Gasteiger charge is -2.24. The van der Waals surface area contributed by atoms with Gasteiger partial charge in [-0.15, -0.1) is 0 Å². The van der Waals surface area contributed by atoms with Gasteiger partial charge >= 0.3 is 5.69 Å². The van der Waals surface area contributed by atoms with Crippen LogP contribution in [0.25, 0.3) is 5.69 Å². The van der Waals surface area contributed by atoms with Gasteiger partial charge in [0, 0.05) is 6.07 Å². The summed E-state index contributed by atoms with van der Waals surface area (Å²) in [5, 5.41) is 0. The number of benzene rings is 2. The van der Waals surface area contributed by atoms with Crippen LogP contribution in [-0.2, 0) is 12.0 Å². The van der Waals surface area contributed by atoms with Gasteiger partial charge < -0.3 is 5.73 Å². The van der Waals surface area contributed by atoms with Gasteiger partial charge in [-0.3, -0.25) is 9.36 Å². The van der Waals surface area contributed by atoms with E-state index >= 15 is 0 Å². The molecule has 0 spiro atoms. The third-order valence-corrected chi connectivity index (χ3v) is 4.35. The summed E-state index contributed by atoms with van der Waals surface area (Å²) in [7, 11) is 0. The van der Waals surface area contributed by atoms with Crippen LogP contribution in [0.3, 0.4) is 0 Å². The average Bonchev–Trinajstić information content (AvgIpc) is 2.59. The Morgan fingerprint density at radius 1 is 0.923 bits per heavy atom. The molecule has 2 N–H and O–H groups in total. The van der Waals surface area contributed by atoms with Crippen LogP contribution in [0.15, 0.2) is 70.3 Å². The van der Waals surface area contributed by atoms with E-state index in [-0.39, 0.29) is 17.8 Å². The van der Waals surface area contributed by atoms with E-state index in [1.807, 2.05) is 54.6 Å². The number of nitrogens with two attached hydrogens (primary N) is 1. The Bertz CT molecular complexity index is 1040. The van der Waals surface area contributed by atoms with Crippen LogP contribution >= 0.6 is 0 Å². The zero-order valence-electron chi connectivity index (χ0n) is 15.3. The molecule has 0 aliphatic rings. The molecule has 0 fully saturated rings. The van der Waals surface area contributed by atoms with Gasteiger partial charge in [-0.2, -0.15) is 0 Å². The highest BCUT2D eigenvalue weighted by molar-refractivity contribution is 5.50. The molecule has 0 amide bonds. The van der Waals surface area contributed by atoms with Crippen LogP contribution in [-0.4, -0.2) is 9.13 Å². The van der Waals surface area contributed by atoms with E-state index in [9.17, 15) is 9.59 Å². The molecule has 2 aromatic carbocycles. The Morgan fingerprint density at radius 3 is 2.19 bits per heavy atom. The average molecular weight is 349 g/mol. The van der Waals surface area contributed by atoms with E-state index < -0.39 is 11.2 Å². The first-order valence-corrected chi connectivity index (χ1v) is 8.55. The topological polar surface area (TPSA) is 70.0 Å². The molecule has 0 saturated carbocycles. The zero-order valence-corrected chi connectivity index (χ0v) is 15.3. The molecule has 0 aliphatic carbocycles. The fourth-order valence-corrected chi connectivity index (χ4v) is 3.05. The molecular formula is C21H23N3O2. The summed E-state index contributed by atoms with van der Waals surface area (Å²) >= 11 is 0. The Labute approximate surface area is 152 Å². The first kappa shape index (κ1) is 17.7. The fourth-order valence-electron chi connectivity index (χ4n) is 3.05. The lowest BCUT2D eigenvalue weighted by atomic mass is 9.85. The summed E-state index contributed by atoms with van der Waals surface area (Å²) in [6.45, 7) is 6.43. The quantitative estimate of drug-likeness (QED) is 0.790. The minimum atomic E-state index is -0.435. The molecule has 1 aromatic heterocycles. The molecule has 0 bridgehead atoms. The van der Waals surface area contributed by atoms with E-state index in [1.165, 1.54) is 15.2 Å². The molecule has 0 unspecified atom stereocenters. The highest BCUT2D eigenvalue weighted by Gasteiger charge is 2.21. The van der Waals surface area contributed by atoms with Crippen molar-refractivity contribution in [1.82, 2.24) is 9.13 Å². The largest absolute Gasteiger partial charge is 0.385 e. The van der Waals surface area contributed by atoms with Crippen molar-refractivity contribution in [3.05, 3.63) is 92.6 Å². The summed E-state index contributed by atoms with van der Waals surface area (Å²) < 4.78 is 2.63. The second kappa shape index (κ2) is 6.67. The van der Waals surface area contributed by atoms with Crippen molar-refractivity contribution in [3.63, 3.8) is 0 Å². The summed E-state index contributed by atoms with van der Waals surface area (Å²) in [5.74, 6) is 0.140. The second-order valence-electron chi connectivity index (χ2n) is 7.36. The first-order chi connectivity index (χ1) is 12.3. The number of anilines is 1. The third-order valence-electron chi connectivity index (χ3n) is 4.35. The molecule has 5 nitrogen and oxygen atoms in total. The Morgan fingerprint density at radius 2 is 1.54 bits per heavy atom. The minimum absolute atomic E-state index is 0.140. The van der Waals surface area contributed by atoms with Crippen LogP contribution < -0.4 is 17.0 Å². The van der Waals surface area contributed by atoms with Gasteiger partial charge in [-0.1, -0.05) is 69.3 Å².